The molecule has 0 bridgehead atoms. The lowest BCUT2D eigenvalue weighted by atomic mass is 9.85. The summed E-state index contributed by atoms with van der Waals surface area (Å²) < 4.78 is 0. The molecule has 1 saturated carbocycles. The molecule has 1 heteroatoms. The average Bonchev–Trinajstić information content (AvgIpc) is 3.22. The third kappa shape index (κ3) is 3.58. The van der Waals surface area contributed by atoms with Gasteiger partial charge in [0.15, 0.2) is 0 Å². The van der Waals surface area contributed by atoms with Crippen molar-refractivity contribution in [1.82, 2.24) is 5.32 Å². The fourth-order valence-corrected chi connectivity index (χ4v) is 3.01. The van der Waals surface area contributed by atoms with E-state index in [-0.39, 0.29) is 0 Å². The highest BCUT2D eigenvalue weighted by molar-refractivity contribution is 5.24. The maximum atomic E-state index is 3.79. The summed E-state index contributed by atoms with van der Waals surface area (Å²) in [4.78, 5) is 0. The number of nitrogens with one attached hydrogen (secondary N) is 1. The molecule has 0 radical (unpaired) electrons. The molecule has 1 aliphatic rings. The van der Waals surface area contributed by atoms with E-state index < -0.39 is 0 Å². The molecule has 0 heterocycles. The number of hydrogen-bond donors (Lipinski definition) is 1. The van der Waals surface area contributed by atoms with Gasteiger partial charge in [0.1, 0.15) is 0 Å². The Balaban J connectivity index is 2.11. The first kappa shape index (κ1) is 13.6. The van der Waals surface area contributed by atoms with Gasteiger partial charge in [-0.15, -0.1) is 0 Å². The van der Waals surface area contributed by atoms with Crippen molar-refractivity contribution in [3.8, 4) is 0 Å². The second-order valence-corrected chi connectivity index (χ2v) is 5.62. The molecule has 1 aromatic rings. The van der Waals surface area contributed by atoms with Gasteiger partial charge in [0.05, 0.1) is 0 Å². The van der Waals surface area contributed by atoms with Gasteiger partial charge in [-0.2, -0.15) is 0 Å². The van der Waals surface area contributed by atoms with Crippen molar-refractivity contribution in [1.29, 1.82) is 0 Å². The van der Waals surface area contributed by atoms with Gasteiger partial charge in [-0.3, -0.25) is 0 Å². The lowest BCUT2D eigenvalue weighted by molar-refractivity contribution is 0.376. The first-order chi connectivity index (χ1) is 8.86. The quantitative estimate of drug-likeness (QED) is 0.718. The van der Waals surface area contributed by atoms with E-state index in [0.717, 1.165) is 18.4 Å². The van der Waals surface area contributed by atoms with Crippen LogP contribution in [-0.2, 0) is 0 Å². The summed E-state index contributed by atoms with van der Waals surface area (Å²) in [6.07, 6.45) is 6.65. The standard InChI is InChI=1S/C17H27N/c1-3-8-16(18-13-4-2)17(15-11-12-15)14-9-6-5-7-10-14/h5-7,9-10,15-18H,3-4,8,11-13H2,1-2H3. The van der Waals surface area contributed by atoms with Crippen molar-refractivity contribution in [2.24, 2.45) is 5.92 Å². The van der Waals surface area contributed by atoms with Crippen LogP contribution >= 0.6 is 0 Å². The minimum absolute atomic E-state index is 0.671. The van der Waals surface area contributed by atoms with Crippen LogP contribution in [0.3, 0.4) is 0 Å². The molecule has 2 unspecified atom stereocenters. The fourth-order valence-electron chi connectivity index (χ4n) is 3.01. The molecule has 2 rings (SSSR count). The van der Waals surface area contributed by atoms with Crippen molar-refractivity contribution in [3.63, 3.8) is 0 Å². The fraction of sp³-hybridized carbons (Fsp3) is 0.647. The highest BCUT2D eigenvalue weighted by atomic mass is 14.9. The lowest BCUT2D eigenvalue weighted by Crippen LogP contribution is -2.36. The first-order valence-electron chi connectivity index (χ1n) is 7.65. The predicted octanol–water partition coefficient (Wildman–Crippen LogP) is 4.35. The van der Waals surface area contributed by atoms with E-state index in [2.05, 4.69) is 49.5 Å². The largest absolute Gasteiger partial charge is 0.313 e. The van der Waals surface area contributed by atoms with Crippen molar-refractivity contribution in [3.05, 3.63) is 35.9 Å². The number of benzene rings is 1. The van der Waals surface area contributed by atoms with E-state index in [1.807, 2.05) is 0 Å². The van der Waals surface area contributed by atoms with Gasteiger partial charge in [0.25, 0.3) is 0 Å². The van der Waals surface area contributed by atoms with Crippen LogP contribution in [0.1, 0.15) is 57.4 Å². The number of hydrogen-bond acceptors (Lipinski definition) is 1. The van der Waals surface area contributed by atoms with Crippen LogP contribution in [0.5, 0.6) is 0 Å². The molecule has 1 N–H and O–H groups in total. The van der Waals surface area contributed by atoms with E-state index >= 15 is 0 Å². The maximum absolute atomic E-state index is 3.79. The Hall–Kier alpha value is -0.820. The van der Waals surface area contributed by atoms with Gasteiger partial charge in [-0.25, -0.2) is 0 Å². The van der Waals surface area contributed by atoms with Crippen LogP contribution in [0, 0.1) is 5.92 Å². The topological polar surface area (TPSA) is 12.0 Å². The van der Waals surface area contributed by atoms with Crippen LogP contribution in [0.4, 0.5) is 0 Å². The van der Waals surface area contributed by atoms with E-state index in [9.17, 15) is 0 Å². The minimum atomic E-state index is 0.671. The molecule has 100 valence electrons. The van der Waals surface area contributed by atoms with Gasteiger partial charge < -0.3 is 5.32 Å². The Labute approximate surface area is 112 Å². The van der Waals surface area contributed by atoms with E-state index in [1.54, 1.807) is 5.56 Å². The van der Waals surface area contributed by atoms with Gasteiger partial charge in [-0.1, -0.05) is 50.6 Å². The molecule has 1 nitrogen and oxygen atoms in total. The molecule has 0 amide bonds. The monoisotopic (exact) mass is 245 g/mol. The van der Waals surface area contributed by atoms with Crippen LogP contribution in [0.15, 0.2) is 30.3 Å². The summed E-state index contributed by atoms with van der Waals surface area (Å²) in [7, 11) is 0. The highest BCUT2D eigenvalue weighted by Crippen LogP contribution is 2.45. The summed E-state index contributed by atoms with van der Waals surface area (Å²) in [6, 6.07) is 11.8. The molecule has 0 saturated heterocycles. The second kappa shape index (κ2) is 6.94. The van der Waals surface area contributed by atoms with Crippen molar-refractivity contribution in [2.75, 3.05) is 6.54 Å². The molecule has 0 aliphatic heterocycles. The third-order valence-corrected chi connectivity index (χ3v) is 4.00. The normalized spacial score (nSPS) is 18.6. The Bertz CT molecular complexity index is 329. The molecule has 18 heavy (non-hydrogen) atoms. The summed E-state index contributed by atoms with van der Waals surface area (Å²) in [5, 5.41) is 3.79. The molecule has 2 atom stereocenters. The first-order valence-corrected chi connectivity index (χ1v) is 7.65. The van der Waals surface area contributed by atoms with Crippen molar-refractivity contribution < 1.29 is 0 Å². The van der Waals surface area contributed by atoms with Gasteiger partial charge in [-0.05, 0) is 43.7 Å². The van der Waals surface area contributed by atoms with Crippen LogP contribution in [0.2, 0.25) is 0 Å². The highest BCUT2D eigenvalue weighted by Gasteiger charge is 2.36. The van der Waals surface area contributed by atoms with E-state index in [4.69, 9.17) is 0 Å². The van der Waals surface area contributed by atoms with Gasteiger partial charge in [0, 0.05) is 12.0 Å². The van der Waals surface area contributed by atoms with Gasteiger partial charge >= 0.3 is 0 Å². The summed E-state index contributed by atoms with van der Waals surface area (Å²) in [6.45, 7) is 5.71. The zero-order valence-electron chi connectivity index (χ0n) is 11.9. The molecule has 0 spiro atoms. The molecular formula is C17H27N. The van der Waals surface area contributed by atoms with E-state index in [0.29, 0.717) is 6.04 Å². The summed E-state index contributed by atoms with van der Waals surface area (Å²) in [5.41, 5.74) is 1.54. The Kier molecular flexibility index (Phi) is 5.25. The predicted molar refractivity (Wildman–Crippen MR) is 78.9 cm³/mol. The molecule has 0 aromatic heterocycles. The van der Waals surface area contributed by atoms with E-state index in [1.165, 1.54) is 32.1 Å². The molecule has 1 aliphatic carbocycles. The summed E-state index contributed by atoms with van der Waals surface area (Å²) in [5.74, 6) is 1.66. The third-order valence-electron chi connectivity index (χ3n) is 4.00. The average molecular weight is 245 g/mol. The van der Waals surface area contributed by atoms with Crippen LogP contribution in [-0.4, -0.2) is 12.6 Å². The van der Waals surface area contributed by atoms with Crippen molar-refractivity contribution in [2.45, 2.75) is 57.9 Å². The summed E-state index contributed by atoms with van der Waals surface area (Å²) >= 11 is 0. The van der Waals surface area contributed by atoms with Crippen molar-refractivity contribution >= 4 is 0 Å². The SMILES string of the molecule is CCCNC(CCC)C(c1ccccc1)C1CC1. The van der Waals surface area contributed by atoms with Crippen LogP contribution < -0.4 is 5.32 Å². The Morgan fingerprint density at radius 2 is 1.83 bits per heavy atom. The Morgan fingerprint density at radius 3 is 2.39 bits per heavy atom. The van der Waals surface area contributed by atoms with Gasteiger partial charge in [0.2, 0.25) is 0 Å². The molecule has 1 aromatic carbocycles. The molecular weight excluding hydrogens is 218 g/mol. The number of rotatable bonds is 8. The smallest absolute Gasteiger partial charge is 0.0138 e. The minimum Gasteiger partial charge on any atom is -0.313 e. The second-order valence-electron chi connectivity index (χ2n) is 5.62. The molecule has 1 fully saturated rings. The zero-order chi connectivity index (χ0) is 12.8. The zero-order valence-corrected chi connectivity index (χ0v) is 11.9. The maximum Gasteiger partial charge on any atom is 0.0138 e. The van der Waals surface area contributed by atoms with Crippen LogP contribution in [0.25, 0.3) is 0 Å². The lowest BCUT2D eigenvalue weighted by Gasteiger charge is -2.28. The Morgan fingerprint density at radius 1 is 1.11 bits per heavy atom.